The highest BCUT2D eigenvalue weighted by Gasteiger charge is 2.22. The molecule has 2 aromatic heterocycles. The van der Waals surface area contributed by atoms with Gasteiger partial charge in [-0.1, -0.05) is 158 Å². The summed E-state index contributed by atoms with van der Waals surface area (Å²) in [6.45, 7) is 7.22. The first-order valence-corrected chi connectivity index (χ1v) is 26.3. The van der Waals surface area contributed by atoms with E-state index in [-0.39, 0.29) is 0 Å². The molecule has 12 rings (SSSR count). The van der Waals surface area contributed by atoms with Crippen LogP contribution in [-0.2, 0) is 0 Å². The first-order valence-electron chi connectivity index (χ1n) is 22.0. The molecule has 0 aliphatic rings. The molecule has 0 spiro atoms. The van der Waals surface area contributed by atoms with Crippen LogP contribution in [0.5, 0.6) is 0 Å². The van der Waals surface area contributed by atoms with Crippen LogP contribution in [0.2, 0.25) is 19.6 Å². The van der Waals surface area contributed by atoms with Crippen molar-refractivity contribution in [2.75, 3.05) is 9.80 Å². The minimum absolute atomic E-state index is 0.877. The average molecular weight is 857 g/mol. The van der Waals surface area contributed by atoms with Crippen molar-refractivity contribution in [1.82, 2.24) is 0 Å². The lowest BCUT2D eigenvalue weighted by Crippen LogP contribution is -2.37. The number of thiophene rings is 1. The number of benzene rings is 10. The monoisotopic (exact) mass is 856 g/mol. The number of hydrogen-bond acceptors (Lipinski definition) is 4. The van der Waals surface area contributed by atoms with Crippen LogP contribution in [0.3, 0.4) is 0 Å². The molecule has 10 aromatic carbocycles. The maximum absolute atomic E-state index is 6.55. The summed E-state index contributed by atoms with van der Waals surface area (Å²) in [4.78, 5) is 4.69. The molecule has 306 valence electrons. The van der Waals surface area contributed by atoms with Crippen molar-refractivity contribution < 1.29 is 4.42 Å². The Bertz CT molecular complexity index is 3700. The van der Waals surface area contributed by atoms with E-state index in [1.807, 2.05) is 23.5 Å². The summed E-state index contributed by atoms with van der Waals surface area (Å²) < 4.78 is 9.16. The Labute approximate surface area is 377 Å². The Kier molecular flexibility index (Phi) is 9.04. The lowest BCUT2D eigenvalue weighted by molar-refractivity contribution is 0.669. The highest BCUT2D eigenvalue weighted by molar-refractivity contribution is 7.27. The van der Waals surface area contributed by atoms with Gasteiger partial charge in [-0.2, -0.15) is 0 Å². The fourth-order valence-corrected chi connectivity index (χ4v) is 12.1. The lowest BCUT2D eigenvalue weighted by atomic mass is 9.94. The predicted molar refractivity (Wildman–Crippen MR) is 279 cm³/mol. The van der Waals surface area contributed by atoms with Crippen molar-refractivity contribution in [1.29, 1.82) is 0 Å². The Morgan fingerprint density at radius 2 is 0.953 bits per heavy atom. The number of para-hydroxylation sites is 4. The van der Waals surface area contributed by atoms with Crippen LogP contribution in [0.1, 0.15) is 0 Å². The smallest absolute Gasteiger partial charge is 0.159 e. The first kappa shape index (κ1) is 38.2. The van der Waals surface area contributed by atoms with Crippen molar-refractivity contribution in [3.8, 4) is 11.1 Å². The van der Waals surface area contributed by atoms with E-state index in [2.05, 4.69) is 230 Å². The van der Waals surface area contributed by atoms with E-state index in [4.69, 9.17) is 4.42 Å². The van der Waals surface area contributed by atoms with Gasteiger partial charge in [0, 0.05) is 64.8 Å². The van der Waals surface area contributed by atoms with E-state index >= 15 is 0 Å². The van der Waals surface area contributed by atoms with E-state index in [0.717, 1.165) is 50.4 Å². The average Bonchev–Trinajstić information content (AvgIpc) is 3.92. The molecule has 3 nitrogen and oxygen atoms in total. The summed E-state index contributed by atoms with van der Waals surface area (Å²) in [5, 5.41) is 11.4. The molecule has 5 heteroatoms. The molecule has 0 amide bonds. The highest BCUT2D eigenvalue weighted by Crippen LogP contribution is 2.47. The van der Waals surface area contributed by atoms with Crippen molar-refractivity contribution in [2.45, 2.75) is 19.6 Å². The summed E-state index contributed by atoms with van der Waals surface area (Å²) in [6, 6.07) is 77.3. The molecule has 12 aromatic rings. The Morgan fingerprint density at radius 1 is 0.391 bits per heavy atom. The van der Waals surface area contributed by atoms with E-state index in [0.29, 0.717) is 0 Å². The zero-order chi connectivity index (χ0) is 42.9. The largest absolute Gasteiger partial charge is 0.454 e. The second kappa shape index (κ2) is 15.1. The third-order valence-electron chi connectivity index (χ3n) is 12.8. The van der Waals surface area contributed by atoms with Crippen molar-refractivity contribution in [3.63, 3.8) is 0 Å². The minimum atomic E-state index is -1.44. The Morgan fingerprint density at radius 3 is 1.69 bits per heavy atom. The topological polar surface area (TPSA) is 19.6 Å². The van der Waals surface area contributed by atoms with Crippen LogP contribution in [0.4, 0.5) is 34.1 Å². The van der Waals surface area contributed by atoms with Gasteiger partial charge in [0.2, 0.25) is 0 Å². The Hall–Kier alpha value is -7.44. The molecular weight excluding hydrogens is 813 g/mol. The standard InChI is InChI=1S/C59H44N2OSSi/c1-64(2,3)46-33-30-43(31-34-46)60(41-15-6-4-7-16-41)45-32-36-52-56(38-45)63-59-51-35-27-40(37-53(51)47-19-10-11-21-49(47)57(52)59)39-25-28-44(29-26-39)61(42-17-8-5-9-18-42)54-23-14-22-50-48-20-12-13-24-55(48)62-58(50)54/h4-38H,1-3H3. The zero-order valence-corrected chi connectivity index (χ0v) is 37.7. The zero-order valence-electron chi connectivity index (χ0n) is 35.9. The molecular formula is C59H44N2OSSi. The van der Waals surface area contributed by atoms with Gasteiger partial charge in [0.05, 0.1) is 13.8 Å². The van der Waals surface area contributed by atoms with Crippen molar-refractivity contribution in [2.24, 2.45) is 0 Å². The molecule has 0 bridgehead atoms. The summed E-state index contributed by atoms with van der Waals surface area (Å²) in [6.07, 6.45) is 0. The fraction of sp³-hybridized carbons (Fsp3) is 0.0508. The number of nitrogens with zero attached hydrogens (tertiary/aromatic N) is 2. The molecule has 2 heterocycles. The summed E-state index contributed by atoms with van der Waals surface area (Å²) in [7, 11) is -1.44. The third kappa shape index (κ3) is 6.38. The van der Waals surface area contributed by atoms with Gasteiger partial charge in [-0.05, 0) is 106 Å². The van der Waals surface area contributed by atoms with Crippen LogP contribution in [0, 0.1) is 0 Å². The first-order chi connectivity index (χ1) is 31.4. The molecule has 64 heavy (non-hydrogen) atoms. The molecule has 0 unspecified atom stereocenters. The minimum Gasteiger partial charge on any atom is -0.454 e. The van der Waals surface area contributed by atoms with Crippen LogP contribution in [0.25, 0.3) is 74.8 Å². The summed E-state index contributed by atoms with van der Waals surface area (Å²) in [5.41, 5.74) is 10.8. The maximum Gasteiger partial charge on any atom is 0.159 e. The SMILES string of the molecule is C[Si](C)(C)c1ccc(N(c2ccccc2)c2ccc3c(c2)sc2c4ccc(-c5ccc(N(c6ccccc6)c6cccc7c6oc6ccccc67)cc5)cc4c4ccccc4c32)cc1. The number of hydrogen-bond donors (Lipinski definition) is 0. The van der Waals surface area contributed by atoms with Gasteiger partial charge in [0.1, 0.15) is 5.58 Å². The van der Waals surface area contributed by atoms with E-state index in [9.17, 15) is 0 Å². The highest BCUT2D eigenvalue weighted by atomic mass is 32.1. The van der Waals surface area contributed by atoms with Gasteiger partial charge in [0.25, 0.3) is 0 Å². The molecule has 0 fully saturated rings. The third-order valence-corrected chi connectivity index (χ3v) is 16.0. The number of fused-ring (bicyclic) bond motifs is 11. The van der Waals surface area contributed by atoms with E-state index < -0.39 is 8.07 Å². The van der Waals surface area contributed by atoms with Gasteiger partial charge < -0.3 is 14.2 Å². The number of furan rings is 1. The molecule has 0 aliphatic heterocycles. The van der Waals surface area contributed by atoms with Crippen LogP contribution in [0.15, 0.2) is 217 Å². The van der Waals surface area contributed by atoms with E-state index in [1.54, 1.807) is 0 Å². The normalized spacial score (nSPS) is 12.0. The number of anilines is 6. The van der Waals surface area contributed by atoms with Gasteiger partial charge >= 0.3 is 0 Å². The lowest BCUT2D eigenvalue weighted by Gasteiger charge is -2.26. The van der Waals surface area contributed by atoms with Crippen LogP contribution >= 0.6 is 11.3 Å². The molecule has 0 radical (unpaired) electrons. The van der Waals surface area contributed by atoms with Crippen LogP contribution in [-0.4, -0.2) is 8.07 Å². The molecule has 0 aliphatic carbocycles. The number of rotatable bonds is 8. The molecule has 0 atom stereocenters. The van der Waals surface area contributed by atoms with E-state index in [1.165, 1.54) is 63.7 Å². The molecule has 0 N–H and O–H groups in total. The molecule has 0 saturated heterocycles. The predicted octanol–water partition coefficient (Wildman–Crippen LogP) is 17.4. The summed E-state index contributed by atoms with van der Waals surface area (Å²) >= 11 is 1.90. The van der Waals surface area contributed by atoms with Crippen LogP contribution < -0.4 is 15.0 Å². The van der Waals surface area contributed by atoms with Gasteiger partial charge in [-0.25, -0.2) is 0 Å². The maximum atomic E-state index is 6.55. The summed E-state index contributed by atoms with van der Waals surface area (Å²) in [5.74, 6) is 0. The van der Waals surface area contributed by atoms with Gasteiger partial charge in [0.15, 0.2) is 5.58 Å². The van der Waals surface area contributed by atoms with Crippen molar-refractivity contribution in [3.05, 3.63) is 212 Å². The molecule has 0 saturated carbocycles. The second-order valence-electron chi connectivity index (χ2n) is 17.7. The quantitative estimate of drug-likeness (QED) is 0.112. The van der Waals surface area contributed by atoms with Gasteiger partial charge in [-0.15, -0.1) is 11.3 Å². The second-order valence-corrected chi connectivity index (χ2v) is 23.9. The van der Waals surface area contributed by atoms with Gasteiger partial charge in [-0.3, -0.25) is 0 Å². The van der Waals surface area contributed by atoms with Crippen molar-refractivity contribution >= 4 is 122 Å². The Balaban J connectivity index is 0.960. The fourth-order valence-electron chi connectivity index (χ4n) is 9.61.